The predicted octanol–water partition coefficient (Wildman–Crippen LogP) is 3.70. The summed E-state index contributed by atoms with van der Waals surface area (Å²) in [5, 5.41) is 0. The van der Waals surface area contributed by atoms with Gasteiger partial charge in [0.1, 0.15) is 0 Å². The Bertz CT molecular complexity index is 393. The lowest BCUT2D eigenvalue weighted by Gasteiger charge is -2.40. The molecule has 1 saturated carbocycles. The Balaban J connectivity index is 2.42. The Kier molecular flexibility index (Phi) is 4.18. The highest BCUT2D eigenvalue weighted by molar-refractivity contribution is 5.86. The van der Waals surface area contributed by atoms with Crippen LogP contribution in [-0.4, -0.2) is 12.9 Å². The number of carbonyl (C=O) groups is 1. The van der Waals surface area contributed by atoms with Crippen molar-refractivity contribution in [2.75, 3.05) is 7.11 Å². The molecular weight excluding hydrogens is 224 g/mol. The molecule has 1 aromatic rings. The fraction of sp³-hybridized carbons (Fsp3) is 0.562. The summed E-state index contributed by atoms with van der Waals surface area (Å²) < 4.78 is 5.78. The van der Waals surface area contributed by atoms with Crippen LogP contribution in [0.15, 0.2) is 30.3 Å². The largest absolute Gasteiger partial charge is 0.365 e. The van der Waals surface area contributed by atoms with Crippen molar-refractivity contribution in [2.24, 2.45) is 5.92 Å². The van der Waals surface area contributed by atoms with Crippen LogP contribution in [0.4, 0.5) is 0 Å². The summed E-state index contributed by atoms with van der Waals surface area (Å²) in [5.74, 6) is 0.444. The molecule has 2 rings (SSSR count). The van der Waals surface area contributed by atoms with Crippen molar-refractivity contribution in [3.05, 3.63) is 35.9 Å². The first kappa shape index (κ1) is 13.3. The number of benzene rings is 1. The zero-order chi connectivity index (χ0) is 13.0. The Labute approximate surface area is 109 Å². The van der Waals surface area contributed by atoms with Gasteiger partial charge in [-0.3, -0.25) is 4.79 Å². The van der Waals surface area contributed by atoms with Crippen LogP contribution in [0.3, 0.4) is 0 Å². The summed E-state index contributed by atoms with van der Waals surface area (Å²) in [5.41, 5.74) is 0.272. The minimum Gasteiger partial charge on any atom is -0.365 e. The van der Waals surface area contributed by atoms with E-state index in [2.05, 4.69) is 0 Å². The summed E-state index contributed by atoms with van der Waals surface area (Å²) in [6.07, 6.45) is 5.86. The summed E-state index contributed by atoms with van der Waals surface area (Å²) >= 11 is 0. The van der Waals surface area contributed by atoms with Crippen molar-refractivity contribution >= 4 is 5.78 Å². The summed E-state index contributed by atoms with van der Waals surface area (Å²) in [6.45, 7) is 1.66. The van der Waals surface area contributed by atoms with Gasteiger partial charge in [-0.05, 0) is 31.2 Å². The van der Waals surface area contributed by atoms with Gasteiger partial charge < -0.3 is 4.74 Å². The summed E-state index contributed by atoms with van der Waals surface area (Å²) in [6, 6.07) is 9.97. The Morgan fingerprint density at radius 2 is 1.78 bits per heavy atom. The van der Waals surface area contributed by atoms with Crippen LogP contribution >= 0.6 is 0 Å². The molecule has 0 amide bonds. The molecule has 0 aromatic heterocycles. The lowest BCUT2D eigenvalue weighted by atomic mass is 9.71. The van der Waals surface area contributed by atoms with Crippen LogP contribution in [0, 0.1) is 5.92 Å². The molecule has 1 aromatic carbocycles. The number of hydrogen-bond acceptors (Lipinski definition) is 2. The van der Waals surface area contributed by atoms with Gasteiger partial charge in [0.2, 0.25) is 0 Å². The van der Waals surface area contributed by atoms with E-state index in [1.54, 1.807) is 14.0 Å². The van der Waals surface area contributed by atoms with E-state index in [9.17, 15) is 4.79 Å². The number of ketones is 1. The van der Waals surface area contributed by atoms with E-state index in [-0.39, 0.29) is 5.78 Å². The van der Waals surface area contributed by atoms with Crippen molar-refractivity contribution in [3.63, 3.8) is 0 Å². The number of hydrogen-bond donors (Lipinski definition) is 0. The molecule has 0 aliphatic heterocycles. The average Bonchev–Trinajstić information content (AvgIpc) is 2.42. The van der Waals surface area contributed by atoms with Crippen molar-refractivity contribution in [3.8, 4) is 0 Å². The molecule has 1 unspecified atom stereocenters. The van der Waals surface area contributed by atoms with Gasteiger partial charge in [-0.1, -0.05) is 49.6 Å². The van der Waals surface area contributed by atoms with E-state index in [1.807, 2.05) is 30.3 Å². The quantitative estimate of drug-likeness (QED) is 0.809. The molecule has 0 radical (unpaired) electrons. The van der Waals surface area contributed by atoms with Crippen molar-refractivity contribution in [1.29, 1.82) is 0 Å². The Hall–Kier alpha value is -1.15. The first-order chi connectivity index (χ1) is 8.71. The van der Waals surface area contributed by atoms with Gasteiger partial charge in [0.05, 0.1) is 0 Å². The van der Waals surface area contributed by atoms with Crippen LogP contribution in [0.25, 0.3) is 0 Å². The highest BCUT2D eigenvalue weighted by atomic mass is 16.5. The highest BCUT2D eigenvalue weighted by Gasteiger charge is 2.45. The van der Waals surface area contributed by atoms with E-state index in [4.69, 9.17) is 4.74 Å². The van der Waals surface area contributed by atoms with Gasteiger partial charge in [-0.15, -0.1) is 0 Å². The molecule has 1 aliphatic carbocycles. The zero-order valence-corrected chi connectivity index (χ0v) is 11.3. The van der Waals surface area contributed by atoms with Crippen molar-refractivity contribution < 1.29 is 9.53 Å². The minimum absolute atomic E-state index is 0.128. The Morgan fingerprint density at radius 1 is 1.17 bits per heavy atom. The van der Waals surface area contributed by atoms with Gasteiger partial charge in [0.15, 0.2) is 11.4 Å². The second-order valence-corrected chi connectivity index (χ2v) is 5.20. The van der Waals surface area contributed by atoms with E-state index in [0.29, 0.717) is 5.92 Å². The molecule has 1 atom stereocenters. The first-order valence-electron chi connectivity index (χ1n) is 6.83. The molecular formula is C16H22O2. The van der Waals surface area contributed by atoms with Crippen molar-refractivity contribution in [1.82, 2.24) is 0 Å². The maximum absolute atomic E-state index is 12.3. The molecule has 0 spiro atoms. The maximum atomic E-state index is 12.3. The van der Waals surface area contributed by atoms with Crippen molar-refractivity contribution in [2.45, 2.75) is 44.6 Å². The number of carbonyl (C=O) groups excluding carboxylic acids is 1. The number of methoxy groups -OCH3 is 1. The van der Waals surface area contributed by atoms with Gasteiger partial charge >= 0.3 is 0 Å². The topological polar surface area (TPSA) is 26.3 Å². The number of ether oxygens (including phenoxy) is 1. The maximum Gasteiger partial charge on any atom is 0.166 e. The minimum atomic E-state index is -0.734. The smallest absolute Gasteiger partial charge is 0.166 e. The number of rotatable bonds is 4. The summed E-state index contributed by atoms with van der Waals surface area (Å²) in [4.78, 5) is 12.3. The zero-order valence-electron chi connectivity index (χ0n) is 11.3. The fourth-order valence-corrected chi connectivity index (χ4v) is 3.35. The van der Waals surface area contributed by atoms with Gasteiger partial charge in [0, 0.05) is 7.11 Å². The fourth-order valence-electron chi connectivity index (χ4n) is 3.35. The monoisotopic (exact) mass is 246 g/mol. The normalized spacial score (nSPS) is 20.3. The summed E-state index contributed by atoms with van der Waals surface area (Å²) in [7, 11) is 1.67. The van der Waals surface area contributed by atoms with E-state index in [0.717, 1.165) is 18.4 Å². The average molecular weight is 246 g/mol. The van der Waals surface area contributed by atoms with Crippen LogP contribution in [-0.2, 0) is 15.1 Å². The van der Waals surface area contributed by atoms with E-state index >= 15 is 0 Å². The third kappa shape index (κ3) is 2.22. The van der Waals surface area contributed by atoms with E-state index in [1.165, 1.54) is 19.3 Å². The van der Waals surface area contributed by atoms with Crippen LogP contribution in [0.2, 0.25) is 0 Å². The van der Waals surface area contributed by atoms with Gasteiger partial charge in [0.25, 0.3) is 0 Å². The molecule has 0 bridgehead atoms. The SMILES string of the molecule is COC(C(C)=O)(c1ccccc1)C1CCCCC1. The third-order valence-electron chi connectivity index (χ3n) is 4.23. The standard InChI is InChI=1S/C16H22O2/c1-13(17)16(18-2,14-9-5-3-6-10-14)15-11-7-4-8-12-15/h3,5-6,9-10,15H,4,7-8,11-12H2,1-2H3. The second kappa shape index (κ2) is 5.66. The molecule has 98 valence electrons. The van der Waals surface area contributed by atoms with E-state index < -0.39 is 5.60 Å². The molecule has 18 heavy (non-hydrogen) atoms. The van der Waals surface area contributed by atoms with Gasteiger partial charge in [-0.2, -0.15) is 0 Å². The van der Waals surface area contributed by atoms with Gasteiger partial charge in [-0.25, -0.2) is 0 Å². The Morgan fingerprint density at radius 3 is 2.28 bits per heavy atom. The molecule has 0 saturated heterocycles. The van der Waals surface area contributed by atoms with Crippen LogP contribution in [0.5, 0.6) is 0 Å². The lowest BCUT2D eigenvalue weighted by Crippen LogP contribution is -2.44. The number of Topliss-reactive ketones (excluding diaryl/α,β-unsaturated/α-hetero) is 1. The van der Waals surface area contributed by atoms with Crippen LogP contribution < -0.4 is 0 Å². The third-order valence-corrected chi connectivity index (χ3v) is 4.23. The highest BCUT2D eigenvalue weighted by Crippen LogP contribution is 2.42. The second-order valence-electron chi connectivity index (χ2n) is 5.20. The molecule has 0 heterocycles. The lowest BCUT2D eigenvalue weighted by molar-refractivity contribution is -0.150. The molecule has 0 N–H and O–H groups in total. The van der Waals surface area contributed by atoms with Crippen LogP contribution in [0.1, 0.15) is 44.6 Å². The molecule has 1 aliphatic rings. The predicted molar refractivity (Wildman–Crippen MR) is 72.4 cm³/mol. The first-order valence-corrected chi connectivity index (χ1v) is 6.83. The molecule has 2 nitrogen and oxygen atoms in total. The molecule has 1 fully saturated rings. The molecule has 2 heteroatoms.